The zero-order valence-electron chi connectivity index (χ0n) is 16.6. The summed E-state index contributed by atoms with van der Waals surface area (Å²) >= 11 is 1.31. The Labute approximate surface area is 179 Å². The molecule has 0 saturated heterocycles. The van der Waals surface area contributed by atoms with E-state index in [0.29, 0.717) is 17.6 Å². The number of carbonyl (C=O) groups is 2. The molecule has 0 unspecified atom stereocenters. The van der Waals surface area contributed by atoms with Gasteiger partial charge in [0.05, 0.1) is 6.54 Å². The van der Waals surface area contributed by atoms with Crippen molar-refractivity contribution in [2.75, 3.05) is 7.05 Å². The highest BCUT2D eigenvalue weighted by atomic mass is 32.2. The molecule has 1 saturated carbocycles. The number of rotatable bonds is 7. The van der Waals surface area contributed by atoms with Crippen LogP contribution in [0.3, 0.4) is 0 Å². The van der Waals surface area contributed by atoms with Crippen molar-refractivity contribution >= 4 is 23.7 Å². The number of hydrogen-bond donors (Lipinski definition) is 2. The molecule has 2 N–H and O–H groups in total. The predicted octanol–water partition coefficient (Wildman–Crippen LogP) is 3.49. The number of amides is 3. The van der Waals surface area contributed by atoms with E-state index in [1.54, 1.807) is 0 Å². The molecule has 1 fully saturated rings. The molecule has 2 aromatic carbocycles. The molecule has 3 aromatic rings. The number of benzene rings is 2. The third-order valence-corrected chi connectivity index (χ3v) is 6.13. The van der Waals surface area contributed by atoms with Gasteiger partial charge in [0.25, 0.3) is 0 Å². The molecule has 1 heterocycles. The number of nitrogens with one attached hydrogen (secondary N) is 2. The summed E-state index contributed by atoms with van der Waals surface area (Å²) in [4.78, 5) is 24.6. The highest BCUT2D eigenvalue weighted by molar-refractivity contribution is 8.00. The quantitative estimate of drug-likeness (QED) is 0.570. The molecule has 4 rings (SSSR count). The summed E-state index contributed by atoms with van der Waals surface area (Å²) in [5.41, 5.74) is 1.94. The number of aromatic nitrogens is 3. The Morgan fingerprint density at radius 1 is 1.07 bits per heavy atom. The highest BCUT2D eigenvalue weighted by Crippen LogP contribution is 2.42. The van der Waals surface area contributed by atoms with Crippen molar-refractivity contribution in [2.24, 2.45) is 0 Å². The Hall–Kier alpha value is -3.13. The molecule has 0 spiro atoms. The summed E-state index contributed by atoms with van der Waals surface area (Å²) in [6.07, 6.45) is 2.22. The van der Waals surface area contributed by atoms with Crippen LogP contribution >= 0.6 is 11.8 Å². The number of hydrogen-bond acceptors (Lipinski definition) is 5. The largest absolute Gasteiger partial charge is 0.341 e. The van der Waals surface area contributed by atoms with Crippen LogP contribution in [0.5, 0.6) is 0 Å². The fourth-order valence-electron chi connectivity index (χ4n) is 3.19. The standard InChI is InChI=1S/C22H23N5O2S/c1-23-21(29)24-20(28)18(16-10-6-3-7-11-16)30-22-26-25-19(17-12-13-17)27(22)14-15-8-4-2-5-9-15/h2-11,17-18H,12-14H2,1H3,(H2,23,24,28,29)/t18-/m0/s1. The van der Waals surface area contributed by atoms with Crippen molar-refractivity contribution in [1.29, 1.82) is 0 Å². The van der Waals surface area contributed by atoms with Crippen molar-refractivity contribution in [2.45, 2.75) is 35.7 Å². The van der Waals surface area contributed by atoms with Gasteiger partial charge >= 0.3 is 6.03 Å². The molecule has 0 bridgehead atoms. The molecule has 0 radical (unpaired) electrons. The van der Waals surface area contributed by atoms with Crippen LogP contribution < -0.4 is 10.6 Å². The van der Waals surface area contributed by atoms with Crippen molar-refractivity contribution in [1.82, 2.24) is 25.4 Å². The van der Waals surface area contributed by atoms with Gasteiger partial charge in [0.1, 0.15) is 11.1 Å². The average Bonchev–Trinajstić information content (AvgIpc) is 3.55. The minimum absolute atomic E-state index is 0.396. The van der Waals surface area contributed by atoms with Crippen LogP contribution in [-0.2, 0) is 11.3 Å². The molecular weight excluding hydrogens is 398 g/mol. The maximum atomic E-state index is 12.9. The summed E-state index contributed by atoms with van der Waals surface area (Å²) in [5.74, 6) is 0.984. The van der Waals surface area contributed by atoms with Crippen molar-refractivity contribution < 1.29 is 9.59 Å². The summed E-state index contributed by atoms with van der Waals surface area (Å²) in [7, 11) is 1.48. The van der Waals surface area contributed by atoms with Crippen LogP contribution in [0.4, 0.5) is 4.79 Å². The summed E-state index contributed by atoms with van der Waals surface area (Å²) in [5, 5.41) is 13.7. The zero-order valence-corrected chi connectivity index (χ0v) is 17.4. The molecule has 7 nitrogen and oxygen atoms in total. The van der Waals surface area contributed by atoms with Gasteiger partial charge in [0, 0.05) is 13.0 Å². The van der Waals surface area contributed by atoms with E-state index in [1.807, 2.05) is 48.5 Å². The molecule has 1 aliphatic carbocycles. The van der Waals surface area contributed by atoms with Crippen LogP contribution in [0.15, 0.2) is 65.8 Å². The summed E-state index contributed by atoms with van der Waals surface area (Å²) in [6, 6.07) is 19.0. The van der Waals surface area contributed by atoms with E-state index < -0.39 is 17.2 Å². The Morgan fingerprint density at radius 3 is 2.37 bits per heavy atom. The van der Waals surface area contributed by atoms with Crippen LogP contribution in [0, 0.1) is 0 Å². The number of carbonyl (C=O) groups excluding carboxylic acids is 2. The van der Waals surface area contributed by atoms with E-state index in [9.17, 15) is 9.59 Å². The first-order valence-corrected chi connectivity index (χ1v) is 10.7. The monoisotopic (exact) mass is 421 g/mol. The summed E-state index contributed by atoms with van der Waals surface area (Å²) < 4.78 is 2.10. The van der Waals surface area contributed by atoms with Crippen molar-refractivity contribution in [3.05, 3.63) is 77.6 Å². The normalized spacial score (nSPS) is 14.2. The first-order valence-electron chi connectivity index (χ1n) is 9.87. The van der Waals surface area contributed by atoms with Crippen molar-refractivity contribution in [3.63, 3.8) is 0 Å². The zero-order chi connectivity index (χ0) is 20.9. The lowest BCUT2D eigenvalue weighted by Gasteiger charge is -2.17. The van der Waals surface area contributed by atoms with Gasteiger partial charge in [-0.05, 0) is 24.0 Å². The van der Waals surface area contributed by atoms with Gasteiger partial charge in [0.15, 0.2) is 5.16 Å². The average molecular weight is 422 g/mol. The van der Waals surface area contributed by atoms with E-state index in [-0.39, 0.29) is 0 Å². The minimum Gasteiger partial charge on any atom is -0.341 e. The molecule has 1 aliphatic rings. The lowest BCUT2D eigenvalue weighted by Crippen LogP contribution is -2.39. The smallest absolute Gasteiger partial charge is 0.321 e. The molecule has 1 atom stereocenters. The number of nitrogens with zero attached hydrogens (tertiary/aromatic N) is 3. The van der Waals surface area contributed by atoms with Gasteiger partial charge in [0.2, 0.25) is 5.91 Å². The topological polar surface area (TPSA) is 88.9 Å². The maximum absolute atomic E-state index is 12.9. The summed E-state index contributed by atoms with van der Waals surface area (Å²) in [6.45, 7) is 0.639. The van der Waals surface area contributed by atoms with E-state index in [0.717, 1.165) is 29.8 Å². The third kappa shape index (κ3) is 4.71. The second kappa shape index (κ2) is 9.13. The lowest BCUT2D eigenvalue weighted by molar-refractivity contribution is -0.119. The van der Waals surface area contributed by atoms with Crippen LogP contribution in [0.1, 0.15) is 41.0 Å². The fourth-order valence-corrected chi connectivity index (χ4v) is 4.23. The molecule has 154 valence electrons. The molecule has 1 aromatic heterocycles. The first kappa shape index (κ1) is 20.2. The Kier molecular flexibility index (Phi) is 6.13. The van der Waals surface area contributed by atoms with Crippen LogP contribution in [0.25, 0.3) is 0 Å². The van der Waals surface area contributed by atoms with Crippen molar-refractivity contribution in [3.8, 4) is 0 Å². The van der Waals surface area contributed by atoms with Gasteiger partial charge in [-0.1, -0.05) is 72.4 Å². The molecule has 8 heteroatoms. The third-order valence-electron chi connectivity index (χ3n) is 4.90. The SMILES string of the molecule is CNC(=O)NC(=O)[C@@H](Sc1nnc(C2CC2)n1Cc1ccccc1)c1ccccc1. The van der Waals surface area contributed by atoms with E-state index in [4.69, 9.17) is 0 Å². The molecule has 30 heavy (non-hydrogen) atoms. The number of urea groups is 1. The molecule has 0 aliphatic heterocycles. The highest BCUT2D eigenvalue weighted by Gasteiger charge is 2.32. The second-order valence-corrected chi connectivity index (χ2v) is 8.24. The number of thioether (sulfide) groups is 1. The van der Waals surface area contributed by atoms with Gasteiger partial charge in [-0.2, -0.15) is 0 Å². The first-order chi connectivity index (χ1) is 14.7. The van der Waals surface area contributed by atoms with E-state index >= 15 is 0 Å². The van der Waals surface area contributed by atoms with E-state index in [1.165, 1.54) is 18.8 Å². The van der Waals surface area contributed by atoms with Crippen LogP contribution in [-0.4, -0.2) is 33.8 Å². The molecular formula is C22H23N5O2S. The lowest BCUT2D eigenvalue weighted by atomic mass is 10.1. The second-order valence-electron chi connectivity index (χ2n) is 7.16. The van der Waals surface area contributed by atoms with E-state index in [2.05, 4.69) is 37.5 Å². The fraction of sp³-hybridized carbons (Fsp3) is 0.273. The van der Waals surface area contributed by atoms with Gasteiger partial charge < -0.3 is 9.88 Å². The van der Waals surface area contributed by atoms with Gasteiger partial charge in [-0.3, -0.25) is 10.1 Å². The minimum atomic E-state index is -0.630. The maximum Gasteiger partial charge on any atom is 0.321 e. The molecule has 3 amide bonds. The van der Waals surface area contributed by atoms with Gasteiger partial charge in [-0.25, -0.2) is 4.79 Å². The predicted molar refractivity (Wildman–Crippen MR) is 115 cm³/mol. The van der Waals surface area contributed by atoms with Crippen LogP contribution in [0.2, 0.25) is 0 Å². The number of imide groups is 1. The Bertz CT molecular complexity index is 1020. The van der Waals surface area contributed by atoms with Gasteiger partial charge in [-0.15, -0.1) is 10.2 Å². The Balaban J connectivity index is 1.65. The Morgan fingerprint density at radius 2 is 1.73 bits per heavy atom.